The molecule has 26 heavy (non-hydrogen) atoms. The van der Waals surface area contributed by atoms with Gasteiger partial charge in [-0.25, -0.2) is 0 Å². The van der Waals surface area contributed by atoms with Crippen molar-refractivity contribution >= 4 is 5.97 Å². The summed E-state index contributed by atoms with van der Waals surface area (Å²) in [7, 11) is 0. The molecule has 0 atom stereocenters. The Hall–Kier alpha value is -0.790. The Morgan fingerprint density at radius 3 is 2.00 bits per heavy atom. The summed E-state index contributed by atoms with van der Waals surface area (Å²) >= 11 is 0. The fourth-order valence-electron chi connectivity index (χ4n) is 2.43. The maximum absolute atomic E-state index is 10.5. The van der Waals surface area contributed by atoms with Crippen LogP contribution in [0.25, 0.3) is 0 Å². The van der Waals surface area contributed by atoms with E-state index >= 15 is 0 Å². The molecule has 0 spiro atoms. The summed E-state index contributed by atoms with van der Waals surface area (Å²) in [5, 5.41) is 8.61. The van der Waals surface area contributed by atoms with E-state index in [0.29, 0.717) is 12.8 Å². The minimum Gasteiger partial charge on any atom is -0.481 e. The Morgan fingerprint density at radius 2 is 1.38 bits per heavy atom. The van der Waals surface area contributed by atoms with E-state index in [0.717, 1.165) is 63.9 Å². The van der Waals surface area contributed by atoms with E-state index in [1.165, 1.54) is 0 Å². The number of unbranched alkanes of at least 4 members (excludes halogenated alkanes) is 11. The van der Waals surface area contributed by atoms with Crippen LogP contribution in [-0.2, 0) is 4.79 Å². The van der Waals surface area contributed by atoms with Crippen LogP contribution in [0.4, 0.5) is 0 Å². The molecule has 0 aliphatic heterocycles. The number of allylic oxidation sites excluding steroid dienone is 2. The maximum Gasteiger partial charge on any atom is 0.303 e. The Labute approximate surface area is 189 Å². The lowest BCUT2D eigenvalue weighted by Crippen LogP contribution is -1.93. The number of carbonyl (C=O) groups is 1. The lowest BCUT2D eigenvalue weighted by molar-refractivity contribution is -0.137. The highest BCUT2D eigenvalue weighted by Crippen LogP contribution is 2.13. The molecule has 0 radical (unpaired) electrons. The van der Waals surface area contributed by atoms with Crippen molar-refractivity contribution in [1.29, 1.82) is 0 Å². The van der Waals surface area contributed by atoms with E-state index in [9.17, 15) is 4.79 Å². The van der Waals surface area contributed by atoms with Crippen LogP contribution in [0.15, 0.2) is 12.1 Å². The number of carboxylic acid groups (broad SMARTS) is 1. The summed E-state index contributed by atoms with van der Waals surface area (Å²) in [6.07, 6.45) is -17.6. The van der Waals surface area contributed by atoms with Crippen molar-refractivity contribution in [2.75, 3.05) is 0 Å². The molecule has 0 unspecified atom stereocenters. The smallest absolute Gasteiger partial charge is 0.303 e. The quantitative estimate of drug-likeness (QED) is 0.159. The van der Waals surface area contributed by atoms with Crippen molar-refractivity contribution in [2.45, 2.75) is 135 Å². The SMILES string of the molecule is [2H]/C(=C/CCCCCCCCCCCCCC(=O)O)C([2H])([2H])C([2H])([2H])C([2H])([2H])C([2H])([2H])C([2H])([2H])C([2H])([2H])C([2H])([2H])C([2H])([2H])[2H]. The van der Waals surface area contributed by atoms with Crippen LogP contribution in [0.5, 0.6) is 0 Å². The first-order chi connectivity index (χ1) is 19.6. The van der Waals surface area contributed by atoms with Gasteiger partial charge in [-0.2, -0.15) is 0 Å². The van der Waals surface area contributed by atoms with Crippen LogP contribution in [0.3, 0.4) is 0 Å². The molecule has 0 saturated carbocycles. The van der Waals surface area contributed by atoms with E-state index in [-0.39, 0.29) is 12.8 Å². The molecule has 0 heterocycles. The van der Waals surface area contributed by atoms with Gasteiger partial charge in [-0.15, -0.1) is 0 Å². The highest BCUT2D eigenvalue weighted by atomic mass is 16.4. The molecule has 1 N–H and O–H groups in total. The van der Waals surface area contributed by atoms with Gasteiger partial charge in [-0.1, -0.05) is 109 Å². The third-order valence-corrected chi connectivity index (χ3v) is 3.79. The summed E-state index contributed by atoms with van der Waals surface area (Å²) in [6.45, 7) is -3.82. The number of hydrogen-bond acceptors (Lipinski definition) is 1. The number of hydrogen-bond donors (Lipinski definition) is 1. The molecule has 0 amide bonds. The fourth-order valence-corrected chi connectivity index (χ4v) is 2.43. The number of aliphatic carboxylic acids is 1. The second-order valence-corrected chi connectivity index (χ2v) is 6.04. The van der Waals surface area contributed by atoms with Crippen molar-refractivity contribution in [3.05, 3.63) is 12.1 Å². The molecule has 0 aromatic heterocycles. The van der Waals surface area contributed by atoms with E-state index in [1.54, 1.807) is 0 Å². The lowest BCUT2D eigenvalue weighted by Gasteiger charge is -2.02. The predicted octanol–water partition coefficient (Wildman–Crippen LogP) is 8.45. The Balaban J connectivity index is 5.27. The summed E-state index contributed by atoms with van der Waals surface area (Å²) in [4.78, 5) is 10.5. The molecule has 0 aliphatic carbocycles. The molecule has 0 aliphatic rings. The average molecular weight is 385 g/mol. The summed E-state index contributed by atoms with van der Waals surface area (Å²) in [5.41, 5.74) is 0. The molecule has 0 aromatic rings. The Bertz CT molecular complexity index is 940. The Morgan fingerprint density at radius 1 is 0.846 bits per heavy atom. The summed E-state index contributed by atoms with van der Waals surface area (Å²) < 4.78 is 142. The van der Waals surface area contributed by atoms with Gasteiger partial charge in [0.25, 0.3) is 0 Å². The van der Waals surface area contributed by atoms with Gasteiger partial charge in [0.1, 0.15) is 0 Å². The topological polar surface area (TPSA) is 37.3 Å². The zero-order valence-electron chi connectivity index (χ0n) is 33.6. The monoisotopic (exact) mass is 384 g/mol. The average Bonchev–Trinajstić information content (AvgIpc) is 2.87. The number of rotatable bonds is 21. The van der Waals surface area contributed by atoms with Crippen LogP contribution in [-0.4, -0.2) is 11.1 Å². The molecule has 154 valence electrons. The molecule has 0 fully saturated rings. The lowest BCUT2D eigenvalue weighted by atomic mass is 10.0. The molecule has 0 saturated heterocycles. The molecule has 2 heteroatoms. The normalized spacial score (nSPS) is 26.4. The van der Waals surface area contributed by atoms with Crippen molar-refractivity contribution in [3.63, 3.8) is 0 Å². The first-order valence-electron chi connectivity index (χ1n) is 18.5. The largest absolute Gasteiger partial charge is 0.481 e. The van der Waals surface area contributed by atoms with Gasteiger partial charge in [0, 0.05) is 29.7 Å². The van der Waals surface area contributed by atoms with Crippen molar-refractivity contribution in [2.24, 2.45) is 0 Å². The van der Waals surface area contributed by atoms with E-state index in [4.69, 9.17) is 29.8 Å². The minimum atomic E-state index is -4.33. The van der Waals surface area contributed by atoms with Gasteiger partial charge in [0.05, 0.1) is 1.37 Å². The molecule has 0 rings (SSSR count). The van der Waals surface area contributed by atoms with Gasteiger partial charge >= 0.3 is 5.97 Å². The van der Waals surface area contributed by atoms with Crippen molar-refractivity contribution < 1.29 is 34.6 Å². The van der Waals surface area contributed by atoms with Crippen LogP contribution >= 0.6 is 0 Å². The number of carboxylic acids is 1. The standard InChI is InChI=1S/C24H46O2/c1-2-3-4-5-6-7-8-9-10-11-12-13-14-15-16-17-18-19-20-21-22-23-24(25)26/h9-10H,2-8,11-23H2,1H3,(H,25,26)/b10-9-/i1D3,2D2,3D2,4D2,5D2,6D2,7D2,8D2,9D. The zero-order valence-corrected chi connectivity index (χ0v) is 15.6. The highest BCUT2D eigenvalue weighted by molar-refractivity contribution is 5.66. The van der Waals surface area contributed by atoms with Gasteiger partial charge < -0.3 is 5.11 Å². The van der Waals surface area contributed by atoms with Gasteiger partial charge in [0.15, 0.2) is 0 Å². The zero-order chi connectivity index (χ0) is 35.1. The molecular formula is C24H46O2. The van der Waals surface area contributed by atoms with Gasteiger partial charge in [-0.05, 0) is 32.0 Å². The summed E-state index contributed by atoms with van der Waals surface area (Å²) in [5.74, 6) is -0.784. The second kappa shape index (κ2) is 22.3. The molecular weight excluding hydrogens is 320 g/mol. The van der Waals surface area contributed by atoms with Gasteiger partial charge in [-0.3, -0.25) is 4.79 Å². The summed E-state index contributed by atoms with van der Waals surface area (Å²) in [6, 6.07) is -1.04. The van der Waals surface area contributed by atoms with E-state index < -0.39 is 63.5 Å². The van der Waals surface area contributed by atoms with Crippen LogP contribution in [0.1, 0.15) is 160 Å². The van der Waals surface area contributed by atoms with E-state index in [2.05, 4.69) is 0 Å². The maximum atomic E-state index is 10.5. The first kappa shape index (κ1) is 8.29. The van der Waals surface area contributed by atoms with Crippen molar-refractivity contribution in [1.82, 2.24) is 0 Å². The van der Waals surface area contributed by atoms with Crippen LogP contribution < -0.4 is 0 Å². The highest BCUT2D eigenvalue weighted by Gasteiger charge is 1.97. The third-order valence-electron chi connectivity index (χ3n) is 3.79. The predicted molar refractivity (Wildman–Crippen MR) is 115 cm³/mol. The Kier molecular flexibility index (Phi) is 7.10. The minimum absolute atomic E-state index is 0.128. The van der Waals surface area contributed by atoms with E-state index in [1.807, 2.05) is 0 Å². The first-order valence-corrected chi connectivity index (χ1v) is 9.48. The molecule has 0 bridgehead atoms. The molecule has 0 aromatic carbocycles. The third kappa shape index (κ3) is 23.2. The van der Waals surface area contributed by atoms with Crippen LogP contribution in [0, 0.1) is 0 Å². The second-order valence-electron chi connectivity index (χ2n) is 6.04. The van der Waals surface area contributed by atoms with Gasteiger partial charge in [0.2, 0.25) is 0 Å². The molecule has 2 nitrogen and oxygen atoms in total. The van der Waals surface area contributed by atoms with Crippen LogP contribution in [0.2, 0.25) is 0 Å². The fraction of sp³-hybridized carbons (Fsp3) is 0.875. The van der Waals surface area contributed by atoms with Crippen molar-refractivity contribution in [3.8, 4) is 0 Å².